The Hall–Kier alpha value is -1.99. The summed E-state index contributed by atoms with van der Waals surface area (Å²) < 4.78 is 34.2. The Kier molecular flexibility index (Phi) is 3.01. The fourth-order valence-electron chi connectivity index (χ4n) is 2.87. The number of hydrogen-bond donors (Lipinski definition) is 4. The van der Waals surface area contributed by atoms with Crippen molar-refractivity contribution in [1.82, 2.24) is 4.98 Å². The Balaban J connectivity index is 2.13. The Morgan fingerprint density at radius 3 is 2.61 bits per heavy atom. The van der Waals surface area contributed by atoms with Crippen molar-refractivity contribution in [3.63, 3.8) is 0 Å². The Morgan fingerprint density at radius 1 is 1.09 bits per heavy atom. The van der Waals surface area contributed by atoms with Crippen LogP contribution in [0.1, 0.15) is 5.69 Å². The van der Waals surface area contributed by atoms with Crippen molar-refractivity contribution < 1.29 is 18.6 Å². The fourth-order valence-corrected chi connectivity index (χ4v) is 4.48. The zero-order valence-electron chi connectivity index (χ0n) is 11.5. The highest BCUT2D eigenvalue weighted by molar-refractivity contribution is 8.27. The number of benzene rings is 1. The van der Waals surface area contributed by atoms with Crippen molar-refractivity contribution in [1.29, 1.82) is 0 Å². The molecule has 4 N–H and O–H groups in total. The van der Waals surface area contributed by atoms with Crippen LogP contribution in [0.3, 0.4) is 0 Å². The van der Waals surface area contributed by atoms with Gasteiger partial charge in [-0.05, 0) is 35.9 Å². The summed E-state index contributed by atoms with van der Waals surface area (Å²) in [5.41, 5.74) is 2.55. The number of halogens is 2. The number of H-pyrrole nitrogens is 1. The van der Waals surface area contributed by atoms with Crippen LogP contribution >= 0.6 is 22.2 Å². The number of rotatable bonds is 1. The molecule has 0 aromatic heterocycles. The second kappa shape index (κ2) is 4.75. The molecule has 4 nitrogen and oxygen atoms in total. The summed E-state index contributed by atoms with van der Waals surface area (Å²) >= 11 is 5.87. The van der Waals surface area contributed by atoms with Gasteiger partial charge in [-0.1, -0.05) is 17.7 Å². The highest BCUT2D eigenvalue weighted by atomic mass is 35.5. The number of fused-ring (bicyclic) bond motifs is 2. The van der Waals surface area contributed by atoms with Crippen molar-refractivity contribution in [3.05, 3.63) is 52.3 Å². The summed E-state index contributed by atoms with van der Waals surface area (Å²) in [5, 5.41) is 11.4. The predicted molar refractivity (Wildman–Crippen MR) is 89.6 cm³/mol. The van der Waals surface area contributed by atoms with Crippen molar-refractivity contribution in [2.45, 2.75) is 4.90 Å². The first-order valence-electron chi connectivity index (χ1n) is 6.68. The number of aromatic amines is 1. The maximum Gasteiger partial charge on any atom is 0.141 e. The predicted octanol–water partition coefficient (Wildman–Crippen LogP) is 5.38. The molecule has 2 heterocycles. The lowest BCUT2D eigenvalue weighted by molar-refractivity contribution is 0.479. The molecule has 0 radical (unpaired) electrons. The molecule has 1 aromatic carbocycles. The minimum Gasteiger partial charge on any atom is -0.507 e. The number of aromatic nitrogens is 1. The van der Waals surface area contributed by atoms with Gasteiger partial charge < -0.3 is 10.1 Å². The molecule has 0 spiro atoms. The van der Waals surface area contributed by atoms with Crippen LogP contribution in [0.5, 0.6) is 5.75 Å². The molecule has 0 bridgehead atoms. The van der Waals surface area contributed by atoms with Gasteiger partial charge in [0.1, 0.15) is 11.6 Å². The lowest BCUT2D eigenvalue weighted by Gasteiger charge is -2.29. The molecule has 1 aliphatic carbocycles. The van der Waals surface area contributed by atoms with E-state index in [9.17, 15) is 18.6 Å². The first kappa shape index (κ1) is 14.6. The van der Waals surface area contributed by atoms with Crippen LogP contribution < -0.4 is 0 Å². The van der Waals surface area contributed by atoms with E-state index in [0.29, 0.717) is 28.1 Å². The number of aromatic hydroxyl groups is 1. The molecule has 0 fully saturated rings. The third-order valence-electron chi connectivity index (χ3n) is 3.86. The number of nitrogens with one attached hydrogen (secondary N) is 1. The molecule has 3 aliphatic rings. The molecule has 4 rings (SSSR count). The summed E-state index contributed by atoms with van der Waals surface area (Å²) in [6.45, 7) is 0. The third-order valence-corrected chi connectivity index (χ3v) is 5.69. The smallest absolute Gasteiger partial charge is 0.141 e. The largest absolute Gasteiger partial charge is 0.507 e. The fraction of sp³-hybridized carbons (Fsp3) is 0. The van der Waals surface area contributed by atoms with Crippen molar-refractivity contribution in [3.8, 4) is 28.1 Å². The van der Waals surface area contributed by atoms with Gasteiger partial charge in [-0.2, -0.15) is 0 Å². The molecular weight excluding hydrogens is 341 g/mol. The van der Waals surface area contributed by atoms with Gasteiger partial charge in [0.15, 0.2) is 0 Å². The van der Waals surface area contributed by atoms with E-state index >= 15 is 0 Å². The third kappa shape index (κ3) is 2.07. The molecule has 7 heteroatoms. The minimum atomic E-state index is -3.15. The topological polar surface area (TPSA) is 76.5 Å². The maximum absolute atomic E-state index is 13.5. The highest BCUT2D eigenvalue weighted by Crippen LogP contribution is 2.62. The van der Waals surface area contributed by atoms with Crippen LogP contribution in [0.25, 0.3) is 28.5 Å². The van der Waals surface area contributed by atoms with Crippen LogP contribution in [0.2, 0.25) is 5.02 Å². The van der Waals surface area contributed by atoms with Gasteiger partial charge in [0, 0.05) is 16.5 Å². The summed E-state index contributed by atoms with van der Waals surface area (Å²) in [6.07, 6.45) is 1.59. The van der Waals surface area contributed by atoms with E-state index < -0.39 is 16.4 Å². The van der Waals surface area contributed by atoms with E-state index in [4.69, 9.17) is 11.6 Å². The summed E-state index contributed by atoms with van der Waals surface area (Å²) in [7, 11) is -3.15. The molecule has 0 unspecified atom stereocenters. The summed E-state index contributed by atoms with van der Waals surface area (Å²) in [5.74, 6) is -0.571. The minimum absolute atomic E-state index is 0.00315. The van der Waals surface area contributed by atoms with Gasteiger partial charge in [-0.15, -0.1) is 10.6 Å². The van der Waals surface area contributed by atoms with E-state index in [1.807, 2.05) is 0 Å². The van der Waals surface area contributed by atoms with Gasteiger partial charge in [0.2, 0.25) is 0 Å². The first-order chi connectivity index (χ1) is 10.9. The van der Waals surface area contributed by atoms with Crippen molar-refractivity contribution in [2.24, 2.45) is 0 Å². The lowest BCUT2D eigenvalue weighted by atomic mass is 9.98. The molecule has 0 saturated heterocycles. The zero-order chi connectivity index (χ0) is 16.4. The molecular formula is C16H11ClFNO3S. The summed E-state index contributed by atoms with van der Waals surface area (Å²) in [4.78, 5) is 3.34. The second-order valence-electron chi connectivity index (χ2n) is 5.27. The van der Waals surface area contributed by atoms with E-state index in [0.717, 1.165) is 0 Å². The Morgan fingerprint density at radius 2 is 1.87 bits per heavy atom. The van der Waals surface area contributed by atoms with E-state index in [-0.39, 0.29) is 15.7 Å². The quantitative estimate of drug-likeness (QED) is 0.475. The Bertz CT molecular complexity index is 951. The highest BCUT2D eigenvalue weighted by Gasteiger charge is 2.32. The normalized spacial score (nSPS) is 16.7. The molecule has 23 heavy (non-hydrogen) atoms. The molecule has 2 aliphatic heterocycles. The van der Waals surface area contributed by atoms with Crippen LogP contribution in [0.15, 0.2) is 40.6 Å². The van der Waals surface area contributed by atoms with Crippen LogP contribution in [0, 0.1) is 5.82 Å². The van der Waals surface area contributed by atoms with Crippen molar-refractivity contribution >= 4 is 28.3 Å². The van der Waals surface area contributed by atoms with Gasteiger partial charge in [0.05, 0.1) is 21.3 Å². The number of hydrogen-bond acceptors (Lipinski definition) is 3. The SMILES string of the molecule is Oc1ccc2[nH]c3c(c(-c4ccc(F)c(Cl)c4)c1-2)S(O)(O)C=C3. The standard InChI is InChI=1S/C16H11ClFNO3S/c17-9-7-8(1-2-10(9)18)14-15-11(3-4-13(15)20)19-12-5-6-23(21,22)16(12)14/h1-7,19-22H. The van der Waals surface area contributed by atoms with Gasteiger partial charge in [0.25, 0.3) is 0 Å². The first-order valence-corrected chi connectivity index (χ1v) is 8.67. The summed E-state index contributed by atoms with van der Waals surface area (Å²) in [6, 6.07) is 7.32. The maximum atomic E-state index is 13.5. The van der Waals surface area contributed by atoms with Crippen LogP contribution in [0.4, 0.5) is 4.39 Å². The van der Waals surface area contributed by atoms with E-state index in [2.05, 4.69) is 4.98 Å². The molecule has 1 aromatic rings. The number of pyridine rings is 1. The average Bonchev–Trinajstić information content (AvgIpc) is 3.01. The van der Waals surface area contributed by atoms with Crippen molar-refractivity contribution in [2.75, 3.05) is 0 Å². The van der Waals surface area contributed by atoms with E-state index in [1.54, 1.807) is 12.1 Å². The zero-order valence-corrected chi connectivity index (χ0v) is 13.1. The molecule has 0 amide bonds. The van der Waals surface area contributed by atoms with Crippen LogP contribution in [-0.4, -0.2) is 19.2 Å². The molecule has 0 atom stereocenters. The van der Waals surface area contributed by atoms with Gasteiger partial charge in [-0.3, -0.25) is 9.11 Å². The van der Waals surface area contributed by atoms with Crippen LogP contribution in [-0.2, 0) is 0 Å². The van der Waals surface area contributed by atoms with Gasteiger partial charge >= 0.3 is 0 Å². The molecule has 118 valence electrons. The Labute approximate surface area is 137 Å². The molecule has 0 saturated carbocycles. The second-order valence-corrected chi connectivity index (χ2v) is 7.55. The van der Waals surface area contributed by atoms with Gasteiger partial charge in [-0.25, -0.2) is 4.39 Å². The lowest BCUT2D eigenvalue weighted by Crippen LogP contribution is -2.01. The average molecular weight is 352 g/mol. The monoisotopic (exact) mass is 351 g/mol. The van der Waals surface area contributed by atoms with E-state index in [1.165, 1.54) is 29.7 Å².